The second-order valence-corrected chi connectivity index (χ2v) is 7.21. The minimum Gasteiger partial charge on any atom is -0.383 e. The topological polar surface area (TPSA) is 71.5 Å². The fourth-order valence-corrected chi connectivity index (χ4v) is 3.98. The van der Waals surface area contributed by atoms with Gasteiger partial charge < -0.3 is 10.1 Å². The van der Waals surface area contributed by atoms with Gasteiger partial charge in [-0.1, -0.05) is 0 Å². The van der Waals surface area contributed by atoms with E-state index in [4.69, 9.17) is 4.74 Å². The molecule has 6 nitrogen and oxygen atoms in total. The summed E-state index contributed by atoms with van der Waals surface area (Å²) in [5, 5.41) is 2.88. The zero-order valence-electron chi connectivity index (χ0n) is 12.7. The molecule has 0 aromatic carbocycles. The minimum absolute atomic E-state index is 0.00544. The van der Waals surface area contributed by atoms with Crippen molar-refractivity contribution in [1.29, 1.82) is 0 Å². The molecule has 1 saturated carbocycles. The van der Waals surface area contributed by atoms with Crippen LogP contribution in [0.1, 0.15) is 19.8 Å². The highest BCUT2D eigenvalue weighted by Gasteiger charge is 2.38. The number of nitrogens with one attached hydrogen (secondary N) is 1. The molecular weight excluding hydrogens is 290 g/mol. The van der Waals surface area contributed by atoms with Crippen LogP contribution >= 0.6 is 0 Å². The van der Waals surface area contributed by atoms with Crippen molar-refractivity contribution in [2.75, 3.05) is 32.6 Å². The normalized spacial score (nSPS) is 17.0. The van der Waals surface area contributed by atoms with E-state index in [0.29, 0.717) is 24.9 Å². The molecule has 0 radical (unpaired) electrons. The first-order chi connectivity index (χ1) is 10.0. The average Bonchev–Trinajstić information content (AvgIpc) is 3.32. The Labute approximate surface area is 126 Å². The summed E-state index contributed by atoms with van der Waals surface area (Å²) >= 11 is 0. The molecule has 1 aliphatic carbocycles. The van der Waals surface area contributed by atoms with E-state index in [1.807, 2.05) is 6.92 Å². The first-order valence-electron chi connectivity index (χ1n) is 7.15. The number of rotatable bonds is 8. The molecule has 21 heavy (non-hydrogen) atoms. The van der Waals surface area contributed by atoms with E-state index in [9.17, 15) is 8.42 Å². The summed E-state index contributed by atoms with van der Waals surface area (Å²) < 4.78 is 32.2. The lowest BCUT2D eigenvalue weighted by molar-refractivity contribution is 0.164. The lowest BCUT2D eigenvalue weighted by atomic mass is 10.2. The first-order valence-corrected chi connectivity index (χ1v) is 8.59. The van der Waals surface area contributed by atoms with Gasteiger partial charge in [-0.15, -0.1) is 0 Å². The number of hydrogen-bond acceptors (Lipinski definition) is 5. The summed E-state index contributed by atoms with van der Waals surface area (Å²) in [7, 11) is -0.214. The van der Waals surface area contributed by atoms with Gasteiger partial charge in [-0.2, -0.15) is 4.31 Å². The third kappa shape index (κ3) is 3.72. The van der Waals surface area contributed by atoms with Crippen LogP contribution in [-0.2, 0) is 14.8 Å². The van der Waals surface area contributed by atoms with Crippen LogP contribution in [0.15, 0.2) is 23.2 Å². The summed E-state index contributed by atoms with van der Waals surface area (Å²) in [5.41, 5.74) is 0. The molecule has 0 amide bonds. The summed E-state index contributed by atoms with van der Waals surface area (Å²) in [6.07, 6.45) is 3.59. The number of sulfonamides is 1. The van der Waals surface area contributed by atoms with Gasteiger partial charge in [-0.05, 0) is 37.8 Å². The Balaban J connectivity index is 2.26. The second kappa shape index (κ2) is 6.72. The standard InChI is InChI=1S/C14H23N3O3S/c1-11(12-4-5-12)17(8-9-20-3)21(18,19)13-6-7-14(15-2)16-10-13/h6-7,10-12H,4-5,8-9H2,1-3H3,(H,15,16). The largest absolute Gasteiger partial charge is 0.383 e. The molecule has 1 aromatic heterocycles. The third-order valence-corrected chi connectivity index (χ3v) is 5.84. The van der Waals surface area contributed by atoms with E-state index in [2.05, 4.69) is 10.3 Å². The van der Waals surface area contributed by atoms with Gasteiger partial charge in [0.15, 0.2) is 0 Å². The van der Waals surface area contributed by atoms with Crippen molar-refractivity contribution in [2.45, 2.75) is 30.7 Å². The Morgan fingerprint density at radius 2 is 2.19 bits per heavy atom. The number of anilines is 1. The number of hydrogen-bond donors (Lipinski definition) is 1. The predicted molar refractivity (Wildman–Crippen MR) is 81.7 cm³/mol. The van der Waals surface area contributed by atoms with Gasteiger partial charge in [0, 0.05) is 32.9 Å². The molecule has 1 aliphatic rings. The maximum Gasteiger partial charge on any atom is 0.244 e. The van der Waals surface area contributed by atoms with Crippen LogP contribution < -0.4 is 5.32 Å². The molecule has 1 N–H and O–H groups in total. The van der Waals surface area contributed by atoms with Gasteiger partial charge in [0.1, 0.15) is 10.7 Å². The summed E-state index contributed by atoms with van der Waals surface area (Å²) in [6.45, 7) is 2.73. The van der Waals surface area contributed by atoms with E-state index < -0.39 is 10.0 Å². The fraction of sp³-hybridized carbons (Fsp3) is 0.643. The molecule has 0 saturated heterocycles. The van der Waals surface area contributed by atoms with Crippen LogP contribution in [-0.4, -0.2) is 51.1 Å². The van der Waals surface area contributed by atoms with E-state index >= 15 is 0 Å². The van der Waals surface area contributed by atoms with E-state index in [0.717, 1.165) is 12.8 Å². The summed E-state index contributed by atoms with van der Waals surface area (Å²) in [6, 6.07) is 3.26. The summed E-state index contributed by atoms with van der Waals surface area (Å²) in [5.74, 6) is 1.11. The second-order valence-electron chi connectivity index (χ2n) is 5.32. The lowest BCUT2D eigenvalue weighted by Crippen LogP contribution is -2.41. The number of aromatic nitrogens is 1. The monoisotopic (exact) mass is 313 g/mol. The molecule has 1 fully saturated rings. The van der Waals surface area contributed by atoms with Gasteiger partial charge in [0.05, 0.1) is 6.61 Å². The maximum atomic E-state index is 12.8. The number of pyridine rings is 1. The Morgan fingerprint density at radius 1 is 1.48 bits per heavy atom. The van der Waals surface area contributed by atoms with Gasteiger partial charge in [-0.3, -0.25) is 0 Å². The molecule has 1 atom stereocenters. The molecule has 2 rings (SSSR count). The zero-order chi connectivity index (χ0) is 15.5. The molecule has 0 bridgehead atoms. The molecule has 0 spiro atoms. The van der Waals surface area contributed by atoms with Crippen LogP contribution in [0.3, 0.4) is 0 Å². The fourth-order valence-electron chi connectivity index (χ4n) is 2.35. The van der Waals surface area contributed by atoms with Crippen molar-refractivity contribution in [3.05, 3.63) is 18.3 Å². The van der Waals surface area contributed by atoms with Crippen molar-refractivity contribution in [3.63, 3.8) is 0 Å². The smallest absolute Gasteiger partial charge is 0.244 e. The maximum absolute atomic E-state index is 12.8. The van der Waals surface area contributed by atoms with Gasteiger partial charge in [-0.25, -0.2) is 13.4 Å². The summed E-state index contributed by atoms with van der Waals surface area (Å²) in [4.78, 5) is 4.32. The zero-order valence-corrected chi connectivity index (χ0v) is 13.6. The van der Waals surface area contributed by atoms with Crippen LogP contribution in [0.2, 0.25) is 0 Å². The van der Waals surface area contributed by atoms with Crippen LogP contribution in [0.4, 0.5) is 5.82 Å². The van der Waals surface area contributed by atoms with E-state index in [-0.39, 0.29) is 10.9 Å². The average molecular weight is 313 g/mol. The Kier molecular flexibility index (Phi) is 5.18. The highest BCUT2D eigenvalue weighted by atomic mass is 32.2. The third-order valence-electron chi connectivity index (χ3n) is 3.87. The molecule has 7 heteroatoms. The number of ether oxygens (including phenoxy) is 1. The molecule has 1 heterocycles. The SMILES string of the molecule is CNc1ccc(S(=O)(=O)N(CCOC)C(C)C2CC2)cn1. The van der Waals surface area contributed by atoms with Crippen molar-refractivity contribution in [1.82, 2.24) is 9.29 Å². The van der Waals surface area contributed by atoms with Crippen molar-refractivity contribution < 1.29 is 13.2 Å². The minimum atomic E-state index is -3.54. The molecule has 0 aliphatic heterocycles. The van der Waals surface area contributed by atoms with Crippen molar-refractivity contribution >= 4 is 15.8 Å². The number of methoxy groups -OCH3 is 1. The molecule has 1 aromatic rings. The van der Waals surface area contributed by atoms with Crippen molar-refractivity contribution in [3.8, 4) is 0 Å². The number of nitrogens with zero attached hydrogens (tertiary/aromatic N) is 2. The van der Waals surface area contributed by atoms with E-state index in [1.165, 1.54) is 6.20 Å². The van der Waals surface area contributed by atoms with Gasteiger partial charge in [0.25, 0.3) is 0 Å². The van der Waals surface area contributed by atoms with Crippen LogP contribution in [0, 0.1) is 5.92 Å². The van der Waals surface area contributed by atoms with Crippen molar-refractivity contribution in [2.24, 2.45) is 5.92 Å². The molecule has 1 unspecified atom stereocenters. The van der Waals surface area contributed by atoms with Crippen LogP contribution in [0.5, 0.6) is 0 Å². The lowest BCUT2D eigenvalue weighted by Gasteiger charge is -2.28. The van der Waals surface area contributed by atoms with Gasteiger partial charge in [0.2, 0.25) is 10.0 Å². The van der Waals surface area contributed by atoms with Gasteiger partial charge >= 0.3 is 0 Å². The molecular formula is C14H23N3O3S. The molecule has 118 valence electrons. The first kappa shape index (κ1) is 16.2. The Hall–Kier alpha value is -1.18. The highest BCUT2D eigenvalue weighted by molar-refractivity contribution is 7.89. The Bertz CT molecular complexity index is 555. The highest BCUT2D eigenvalue weighted by Crippen LogP contribution is 2.37. The quantitative estimate of drug-likeness (QED) is 0.788. The van der Waals surface area contributed by atoms with Crippen LogP contribution in [0.25, 0.3) is 0 Å². The Morgan fingerprint density at radius 3 is 2.67 bits per heavy atom. The van der Waals surface area contributed by atoms with E-state index in [1.54, 1.807) is 30.6 Å². The predicted octanol–water partition coefficient (Wildman–Crippen LogP) is 1.56.